The number of hydrogen-bond acceptors (Lipinski definition) is 5. The van der Waals surface area contributed by atoms with E-state index < -0.39 is 20.3 Å². The molecule has 2 aliphatic rings. The van der Waals surface area contributed by atoms with Gasteiger partial charge in [0.15, 0.2) is 11.5 Å². The fourth-order valence-electron chi connectivity index (χ4n) is 4.62. The highest BCUT2D eigenvalue weighted by Crippen LogP contribution is 2.50. The SMILES string of the molecule is CC1(C)C=Cc2c(-c3[nH]c4cnn(COCC[Si](C)(C)C)c(=O)c4c3C3CC3)ccc(OC(F)F)c2O1. The minimum atomic E-state index is -2.97. The van der Waals surface area contributed by atoms with Crippen molar-refractivity contribution in [3.05, 3.63) is 45.9 Å². The van der Waals surface area contributed by atoms with Gasteiger partial charge in [-0.1, -0.05) is 25.7 Å². The number of benzene rings is 1. The summed E-state index contributed by atoms with van der Waals surface area (Å²) in [5, 5.41) is 4.94. The molecular formula is C27H33F2N3O4Si. The number of nitrogens with zero attached hydrogens (tertiary/aromatic N) is 2. The first-order chi connectivity index (χ1) is 17.4. The van der Waals surface area contributed by atoms with E-state index in [4.69, 9.17) is 14.2 Å². The first kappa shape index (κ1) is 25.7. The molecule has 0 radical (unpaired) electrons. The lowest BCUT2D eigenvalue weighted by molar-refractivity contribution is -0.0526. The fraction of sp³-hybridized carbons (Fsp3) is 0.481. The molecule has 1 aromatic carbocycles. The number of nitrogens with one attached hydrogen (secondary N) is 1. The Morgan fingerprint density at radius 1 is 1.27 bits per heavy atom. The van der Waals surface area contributed by atoms with Gasteiger partial charge in [-0.15, -0.1) is 0 Å². The van der Waals surface area contributed by atoms with Crippen LogP contribution >= 0.6 is 0 Å². The van der Waals surface area contributed by atoms with Gasteiger partial charge in [-0.05, 0) is 62.4 Å². The number of hydrogen-bond donors (Lipinski definition) is 1. The van der Waals surface area contributed by atoms with Gasteiger partial charge in [0.1, 0.15) is 12.3 Å². The molecule has 2 aromatic heterocycles. The number of fused-ring (bicyclic) bond motifs is 2. The van der Waals surface area contributed by atoms with E-state index in [0.717, 1.165) is 35.7 Å². The summed E-state index contributed by atoms with van der Waals surface area (Å²) in [7, 11) is -1.24. The van der Waals surface area contributed by atoms with Gasteiger partial charge in [0.25, 0.3) is 5.56 Å². The van der Waals surface area contributed by atoms with Gasteiger partial charge in [-0.25, -0.2) is 4.68 Å². The molecule has 1 N–H and O–H groups in total. The van der Waals surface area contributed by atoms with E-state index in [9.17, 15) is 13.6 Å². The van der Waals surface area contributed by atoms with Crippen LogP contribution in [-0.4, -0.2) is 41.7 Å². The highest BCUT2D eigenvalue weighted by atomic mass is 28.3. The predicted molar refractivity (Wildman–Crippen MR) is 142 cm³/mol. The summed E-state index contributed by atoms with van der Waals surface area (Å²) in [6, 6.07) is 4.25. The molecule has 0 bridgehead atoms. The van der Waals surface area contributed by atoms with Crippen LogP contribution in [0, 0.1) is 0 Å². The van der Waals surface area contributed by atoms with E-state index >= 15 is 0 Å². The summed E-state index contributed by atoms with van der Waals surface area (Å²) in [6.45, 7) is 8.27. The summed E-state index contributed by atoms with van der Waals surface area (Å²) >= 11 is 0. The number of alkyl halides is 2. The second-order valence-electron chi connectivity index (χ2n) is 11.5. The van der Waals surface area contributed by atoms with E-state index in [1.807, 2.05) is 26.0 Å². The van der Waals surface area contributed by atoms with E-state index in [1.54, 1.807) is 12.3 Å². The number of H-pyrrole nitrogens is 1. The summed E-state index contributed by atoms with van der Waals surface area (Å²) in [4.78, 5) is 16.9. The van der Waals surface area contributed by atoms with Gasteiger partial charge in [0, 0.05) is 25.8 Å². The molecule has 1 fully saturated rings. The van der Waals surface area contributed by atoms with E-state index in [2.05, 4.69) is 29.7 Å². The number of rotatable bonds is 9. The number of aromatic amines is 1. The lowest BCUT2D eigenvalue weighted by Gasteiger charge is -2.30. The predicted octanol–water partition coefficient (Wildman–Crippen LogP) is 6.37. The molecule has 1 aliphatic carbocycles. The first-order valence-corrected chi connectivity index (χ1v) is 16.3. The zero-order chi connectivity index (χ0) is 26.5. The van der Waals surface area contributed by atoms with Crippen LogP contribution in [0.2, 0.25) is 25.7 Å². The zero-order valence-electron chi connectivity index (χ0n) is 21.9. The van der Waals surface area contributed by atoms with Gasteiger partial charge < -0.3 is 19.2 Å². The Balaban J connectivity index is 1.59. The molecule has 0 atom stereocenters. The molecule has 10 heteroatoms. The fourth-order valence-corrected chi connectivity index (χ4v) is 5.38. The molecule has 7 nitrogen and oxygen atoms in total. The summed E-state index contributed by atoms with van der Waals surface area (Å²) in [5.41, 5.74) is 2.87. The molecule has 5 rings (SSSR count). The number of ether oxygens (including phenoxy) is 3. The maximum atomic E-state index is 13.5. The van der Waals surface area contributed by atoms with Gasteiger partial charge in [-0.3, -0.25) is 4.79 Å². The Bertz CT molecular complexity index is 1420. The molecule has 37 heavy (non-hydrogen) atoms. The third kappa shape index (κ3) is 5.36. The molecular weight excluding hydrogens is 496 g/mol. The van der Waals surface area contributed by atoms with Crippen LogP contribution in [0.15, 0.2) is 29.2 Å². The largest absolute Gasteiger partial charge is 0.479 e. The second kappa shape index (κ2) is 9.40. The van der Waals surface area contributed by atoms with Gasteiger partial charge in [-0.2, -0.15) is 13.9 Å². The van der Waals surface area contributed by atoms with Crippen molar-refractivity contribution < 1.29 is 23.0 Å². The molecule has 3 heterocycles. The molecule has 1 aliphatic heterocycles. The van der Waals surface area contributed by atoms with Crippen molar-refractivity contribution in [2.75, 3.05) is 6.61 Å². The lowest BCUT2D eigenvalue weighted by Crippen LogP contribution is -2.28. The molecule has 1 saturated carbocycles. The minimum Gasteiger partial charge on any atom is -0.479 e. The smallest absolute Gasteiger partial charge is 0.387 e. The maximum Gasteiger partial charge on any atom is 0.387 e. The van der Waals surface area contributed by atoms with Crippen molar-refractivity contribution in [1.29, 1.82) is 0 Å². The van der Waals surface area contributed by atoms with Gasteiger partial charge in [0.05, 0.1) is 22.8 Å². The van der Waals surface area contributed by atoms with Crippen LogP contribution in [0.25, 0.3) is 28.2 Å². The Labute approximate surface area is 215 Å². The summed E-state index contributed by atoms with van der Waals surface area (Å²) < 4.78 is 44.3. The Hall–Kier alpha value is -2.98. The van der Waals surface area contributed by atoms with Crippen molar-refractivity contribution in [3.8, 4) is 22.8 Å². The standard InChI is InChI=1S/C27H33F2N3O4Si/c1-27(2)11-10-18-17(8-9-20(24(18)36-27)35-26(28)29)23-21(16-6-7-16)22-19(31-23)14-30-32(25(22)33)15-34-12-13-37(3,4)5/h8-11,14,16,26,31H,6-7,12-13,15H2,1-5H3. The normalized spacial score (nSPS) is 16.8. The average Bonchev–Trinajstić information content (AvgIpc) is 3.56. The lowest BCUT2D eigenvalue weighted by atomic mass is 9.94. The van der Waals surface area contributed by atoms with Crippen molar-refractivity contribution >= 4 is 25.1 Å². The Morgan fingerprint density at radius 2 is 2.03 bits per heavy atom. The van der Waals surface area contributed by atoms with Crippen LogP contribution in [0.1, 0.15) is 43.7 Å². The third-order valence-corrected chi connectivity index (χ3v) is 8.40. The molecule has 3 aromatic rings. The molecule has 198 valence electrons. The molecule has 0 unspecified atom stereocenters. The highest BCUT2D eigenvalue weighted by Gasteiger charge is 2.34. The number of aromatic nitrogens is 3. The third-order valence-electron chi connectivity index (χ3n) is 6.70. The van der Waals surface area contributed by atoms with Crippen LogP contribution < -0.4 is 15.0 Å². The van der Waals surface area contributed by atoms with Gasteiger partial charge >= 0.3 is 6.61 Å². The quantitative estimate of drug-likeness (QED) is 0.258. The van der Waals surface area contributed by atoms with Crippen LogP contribution in [-0.2, 0) is 11.5 Å². The maximum absolute atomic E-state index is 13.5. The molecule has 0 spiro atoms. The Kier molecular flexibility index (Phi) is 6.52. The topological polar surface area (TPSA) is 78.4 Å². The van der Waals surface area contributed by atoms with E-state index in [1.165, 1.54) is 10.7 Å². The minimum absolute atomic E-state index is 0.0188. The van der Waals surface area contributed by atoms with Crippen molar-refractivity contribution in [1.82, 2.24) is 14.8 Å². The number of halogens is 2. The van der Waals surface area contributed by atoms with Gasteiger partial charge in [0.2, 0.25) is 0 Å². The van der Waals surface area contributed by atoms with Crippen LogP contribution in [0.4, 0.5) is 8.78 Å². The van der Waals surface area contributed by atoms with Crippen molar-refractivity contribution in [2.24, 2.45) is 0 Å². The van der Waals surface area contributed by atoms with Crippen LogP contribution in [0.5, 0.6) is 11.5 Å². The second-order valence-corrected chi connectivity index (χ2v) is 17.2. The Morgan fingerprint density at radius 3 is 2.70 bits per heavy atom. The molecule has 0 saturated heterocycles. The highest BCUT2D eigenvalue weighted by molar-refractivity contribution is 6.76. The van der Waals surface area contributed by atoms with Crippen molar-refractivity contribution in [3.63, 3.8) is 0 Å². The van der Waals surface area contributed by atoms with Crippen LogP contribution in [0.3, 0.4) is 0 Å². The van der Waals surface area contributed by atoms with E-state index in [-0.39, 0.29) is 29.7 Å². The molecule has 0 amide bonds. The first-order valence-electron chi connectivity index (χ1n) is 12.6. The van der Waals surface area contributed by atoms with Crippen molar-refractivity contribution in [2.45, 2.75) is 77.2 Å². The zero-order valence-corrected chi connectivity index (χ0v) is 22.9. The monoisotopic (exact) mass is 529 g/mol. The van der Waals surface area contributed by atoms with E-state index in [0.29, 0.717) is 23.1 Å². The summed E-state index contributed by atoms with van der Waals surface area (Å²) in [6.07, 6.45) is 7.36. The average molecular weight is 530 g/mol. The summed E-state index contributed by atoms with van der Waals surface area (Å²) in [5.74, 6) is 0.476.